The predicted molar refractivity (Wildman–Crippen MR) is 124 cm³/mol. The van der Waals surface area contributed by atoms with E-state index in [4.69, 9.17) is 16.3 Å². The van der Waals surface area contributed by atoms with Crippen molar-refractivity contribution in [3.63, 3.8) is 0 Å². The maximum Gasteiger partial charge on any atom is 0.119 e. The number of piperazine rings is 1. The highest BCUT2D eigenvalue weighted by Crippen LogP contribution is 2.38. The SMILES string of the molecule is COc1cccc(CC2(O)CCCCC2CN2CCN(c3ccccc3Cl)CC2)c1. The Morgan fingerprint density at radius 3 is 2.63 bits per heavy atom. The topological polar surface area (TPSA) is 35.9 Å². The highest BCUT2D eigenvalue weighted by Gasteiger charge is 2.40. The molecule has 162 valence electrons. The third-order valence-corrected chi connectivity index (χ3v) is 7.18. The number of para-hydroxylation sites is 1. The molecule has 2 unspecified atom stereocenters. The summed E-state index contributed by atoms with van der Waals surface area (Å²) in [4.78, 5) is 4.90. The largest absolute Gasteiger partial charge is 0.497 e. The van der Waals surface area contributed by atoms with Gasteiger partial charge in [-0.3, -0.25) is 4.90 Å². The summed E-state index contributed by atoms with van der Waals surface area (Å²) in [5, 5.41) is 12.5. The fourth-order valence-electron chi connectivity index (χ4n) is 5.12. The summed E-state index contributed by atoms with van der Waals surface area (Å²) in [5.74, 6) is 1.17. The van der Waals surface area contributed by atoms with E-state index in [1.807, 2.05) is 30.3 Å². The maximum atomic E-state index is 11.6. The molecule has 2 aromatic rings. The van der Waals surface area contributed by atoms with Crippen LogP contribution in [0.15, 0.2) is 48.5 Å². The first kappa shape index (κ1) is 21.5. The fourth-order valence-corrected chi connectivity index (χ4v) is 5.37. The van der Waals surface area contributed by atoms with Crippen LogP contribution in [0.3, 0.4) is 0 Å². The van der Waals surface area contributed by atoms with E-state index in [1.54, 1.807) is 7.11 Å². The van der Waals surface area contributed by atoms with Crippen molar-refractivity contribution in [3.8, 4) is 5.75 Å². The number of anilines is 1. The molecular formula is C25H33ClN2O2. The Kier molecular flexibility index (Phi) is 6.87. The summed E-state index contributed by atoms with van der Waals surface area (Å²) in [5.41, 5.74) is 1.66. The van der Waals surface area contributed by atoms with Crippen molar-refractivity contribution in [2.24, 2.45) is 5.92 Å². The molecule has 1 saturated heterocycles. The molecule has 5 heteroatoms. The number of benzene rings is 2. The van der Waals surface area contributed by atoms with Crippen LogP contribution < -0.4 is 9.64 Å². The summed E-state index contributed by atoms with van der Waals surface area (Å²) in [6.07, 6.45) is 5.01. The van der Waals surface area contributed by atoms with E-state index in [0.29, 0.717) is 12.3 Å². The van der Waals surface area contributed by atoms with Crippen molar-refractivity contribution in [1.29, 1.82) is 0 Å². The van der Waals surface area contributed by atoms with E-state index >= 15 is 0 Å². The summed E-state index contributed by atoms with van der Waals surface area (Å²) in [7, 11) is 1.69. The van der Waals surface area contributed by atoms with Crippen molar-refractivity contribution in [1.82, 2.24) is 4.90 Å². The standard InChI is InChI=1S/C25H33ClN2O2/c1-30-22-9-6-7-20(17-22)18-25(29)12-5-4-8-21(25)19-27-13-15-28(16-14-27)24-11-3-2-10-23(24)26/h2-3,6-7,9-11,17,21,29H,4-5,8,12-16,18-19H2,1H3. The number of methoxy groups -OCH3 is 1. The molecule has 1 N–H and O–H groups in total. The average molecular weight is 429 g/mol. The minimum atomic E-state index is -0.634. The van der Waals surface area contributed by atoms with Gasteiger partial charge in [0.25, 0.3) is 0 Å². The number of nitrogens with zero attached hydrogens (tertiary/aromatic N) is 2. The second-order valence-corrected chi connectivity index (χ2v) is 9.22. The van der Waals surface area contributed by atoms with E-state index < -0.39 is 5.60 Å². The smallest absolute Gasteiger partial charge is 0.119 e. The van der Waals surface area contributed by atoms with Crippen LogP contribution in [0.2, 0.25) is 5.02 Å². The second kappa shape index (κ2) is 9.59. The Morgan fingerprint density at radius 1 is 1.07 bits per heavy atom. The van der Waals surface area contributed by atoms with Gasteiger partial charge in [-0.05, 0) is 42.7 Å². The Balaban J connectivity index is 1.38. The molecule has 0 aromatic heterocycles. The van der Waals surface area contributed by atoms with Crippen molar-refractivity contribution >= 4 is 17.3 Å². The van der Waals surface area contributed by atoms with Gasteiger partial charge in [-0.1, -0.05) is 48.7 Å². The van der Waals surface area contributed by atoms with Gasteiger partial charge >= 0.3 is 0 Å². The van der Waals surface area contributed by atoms with Gasteiger partial charge in [0.05, 0.1) is 23.4 Å². The number of rotatable bonds is 6. The zero-order valence-electron chi connectivity index (χ0n) is 17.9. The number of hydrogen-bond donors (Lipinski definition) is 1. The molecular weight excluding hydrogens is 396 g/mol. The minimum absolute atomic E-state index is 0.310. The summed E-state index contributed by atoms with van der Waals surface area (Å²) < 4.78 is 5.38. The summed E-state index contributed by atoms with van der Waals surface area (Å²) >= 11 is 6.39. The van der Waals surface area contributed by atoms with Gasteiger partial charge in [-0.2, -0.15) is 0 Å². The molecule has 2 atom stereocenters. The first-order chi connectivity index (χ1) is 14.6. The van der Waals surface area contributed by atoms with Gasteiger partial charge < -0.3 is 14.7 Å². The quantitative estimate of drug-likeness (QED) is 0.727. The lowest BCUT2D eigenvalue weighted by Crippen LogP contribution is -2.52. The fraction of sp³-hybridized carbons (Fsp3) is 0.520. The van der Waals surface area contributed by atoms with Crippen LogP contribution in [-0.4, -0.2) is 55.4 Å². The number of hydrogen-bond acceptors (Lipinski definition) is 4. The normalized spacial score (nSPS) is 25.3. The maximum absolute atomic E-state index is 11.6. The van der Waals surface area contributed by atoms with Crippen LogP contribution in [0, 0.1) is 5.92 Å². The Bertz CT molecular complexity index is 837. The molecule has 1 heterocycles. The average Bonchev–Trinajstić information content (AvgIpc) is 2.76. The summed E-state index contributed by atoms with van der Waals surface area (Å²) in [6, 6.07) is 16.2. The molecule has 0 radical (unpaired) electrons. The molecule has 4 rings (SSSR count). The van der Waals surface area contributed by atoms with Crippen molar-refractivity contribution in [2.75, 3.05) is 44.7 Å². The third kappa shape index (κ3) is 4.93. The second-order valence-electron chi connectivity index (χ2n) is 8.81. The molecule has 0 spiro atoms. The van der Waals surface area contributed by atoms with Gasteiger partial charge in [0.2, 0.25) is 0 Å². The first-order valence-electron chi connectivity index (χ1n) is 11.1. The van der Waals surface area contributed by atoms with Gasteiger partial charge in [0.15, 0.2) is 0 Å². The van der Waals surface area contributed by atoms with Crippen LogP contribution in [0.5, 0.6) is 5.75 Å². The Morgan fingerprint density at radius 2 is 1.87 bits per heavy atom. The Hall–Kier alpha value is -1.75. The van der Waals surface area contributed by atoms with E-state index in [-0.39, 0.29) is 0 Å². The van der Waals surface area contributed by atoms with Crippen LogP contribution >= 0.6 is 11.6 Å². The van der Waals surface area contributed by atoms with Crippen LogP contribution in [-0.2, 0) is 6.42 Å². The third-order valence-electron chi connectivity index (χ3n) is 6.86. The number of ether oxygens (including phenoxy) is 1. The Labute approximate surface area is 185 Å². The van der Waals surface area contributed by atoms with Gasteiger partial charge in [-0.15, -0.1) is 0 Å². The van der Waals surface area contributed by atoms with E-state index in [0.717, 1.165) is 74.0 Å². The lowest BCUT2D eigenvalue weighted by Gasteiger charge is -2.44. The molecule has 0 amide bonds. The number of aliphatic hydroxyl groups is 1. The lowest BCUT2D eigenvalue weighted by atomic mass is 9.72. The van der Waals surface area contributed by atoms with Crippen LogP contribution in [0.1, 0.15) is 31.2 Å². The van der Waals surface area contributed by atoms with Crippen molar-refractivity contribution in [2.45, 2.75) is 37.7 Å². The zero-order valence-corrected chi connectivity index (χ0v) is 18.7. The van der Waals surface area contributed by atoms with Gasteiger partial charge in [0.1, 0.15) is 5.75 Å². The van der Waals surface area contributed by atoms with E-state index in [1.165, 1.54) is 6.42 Å². The molecule has 4 nitrogen and oxygen atoms in total. The van der Waals surface area contributed by atoms with Crippen molar-refractivity contribution < 1.29 is 9.84 Å². The lowest BCUT2D eigenvalue weighted by molar-refractivity contribution is -0.0595. The molecule has 2 aromatic carbocycles. The molecule has 2 fully saturated rings. The van der Waals surface area contributed by atoms with Gasteiger partial charge in [0, 0.05) is 45.1 Å². The zero-order chi connectivity index (χ0) is 21.0. The monoisotopic (exact) mass is 428 g/mol. The highest BCUT2D eigenvalue weighted by molar-refractivity contribution is 6.33. The molecule has 1 aliphatic heterocycles. The van der Waals surface area contributed by atoms with Crippen LogP contribution in [0.25, 0.3) is 0 Å². The highest BCUT2D eigenvalue weighted by atomic mass is 35.5. The minimum Gasteiger partial charge on any atom is -0.497 e. The molecule has 0 bridgehead atoms. The molecule has 2 aliphatic rings. The molecule has 1 saturated carbocycles. The molecule has 1 aliphatic carbocycles. The number of halogens is 1. The summed E-state index contributed by atoms with van der Waals surface area (Å²) in [6.45, 7) is 4.94. The van der Waals surface area contributed by atoms with Crippen molar-refractivity contribution in [3.05, 3.63) is 59.1 Å². The first-order valence-corrected chi connectivity index (χ1v) is 11.5. The van der Waals surface area contributed by atoms with Gasteiger partial charge in [-0.25, -0.2) is 0 Å². The predicted octanol–water partition coefficient (Wildman–Crippen LogP) is 4.63. The van der Waals surface area contributed by atoms with Crippen LogP contribution in [0.4, 0.5) is 5.69 Å². The molecule has 30 heavy (non-hydrogen) atoms. The van der Waals surface area contributed by atoms with E-state index in [9.17, 15) is 5.11 Å². The van der Waals surface area contributed by atoms with E-state index in [2.05, 4.69) is 28.0 Å².